The molecule has 1 aliphatic heterocycles. The van der Waals surface area contributed by atoms with E-state index in [1.165, 1.54) is 44.5 Å². The second-order valence-electron chi connectivity index (χ2n) is 6.68. The van der Waals surface area contributed by atoms with E-state index in [2.05, 4.69) is 64.8 Å². The number of para-hydroxylation sites is 1. The van der Waals surface area contributed by atoms with Gasteiger partial charge in [0, 0.05) is 24.3 Å². The Morgan fingerprint density at radius 2 is 1.55 bits per heavy atom. The smallest absolute Gasteiger partial charge is 0.0389 e. The number of piperidine rings is 1. The lowest BCUT2D eigenvalue weighted by molar-refractivity contribution is 0.159. The van der Waals surface area contributed by atoms with Crippen molar-refractivity contribution in [2.45, 2.75) is 37.8 Å². The summed E-state index contributed by atoms with van der Waals surface area (Å²) < 4.78 is 0. The predicted molar refractivity (Wildman–Crippen MR) is 92.3 cm³/mol. The molecule has 0 bridgehead atoms. The minimum atomic E-state index is 0.583. The van der Waals surface area contributed by atoms with Gasteiger partial charge in [-0.1, -0.05) is 42.5 Å². The van der Waals surface area contributed by atoms with Crippen LogP contribution >= 0.6 is 0 Å². The van der Waals surface area contributed by atoms with Crippen LogP contribution in [0.15, 0.2) is 54.6 Å². The van der Waals surface area contributed by atoms with Crippen molar-refractivity contribution in [2.75, 3.05) is 18.4 Å². The van der Waals surface area contributed by atoms with E-state index in [0.29, 0.717) is 12.1 Å². The Morgan fingerprint density at radius 3 is 2.27 bits per heavy atom. The first-order valence-electron chi connectivity index (χ1n) is 8.51. The molecule has 2 aromatic rings. The van der Waals surface area contributed by atoms with Crippen LogP contribution in [0.5, 0.6) is 0 Å². The summed E-state index contributed by atoms with van der Waals surface area (Å²) in [7, 11) is 0. The largest absolute Gasteiger partial charge is 0.381 e. The molecular weight excluding hydrogens is 268 g/mol. The van der Waals surface area contributed by atoms with Crippen molar-refractivity contribution >= 4 is 5.69 Å². The van der Waals surface area contributed by atoms with Crippen molar-refractivity contribution in [3.05, 3.63) is 65.7 Å². The third kappa shape index (κ3) is 2.89. The van der Waals surface area contributed by atoms with Crippen LogP contribution in [-0.4, -0.2) is 30.1 Å². The van der Waals surface area contributed by atoms with Gasteiger partial charge in [-0.15, -0.1) is 0 Å². The van der Waals surface area contributed by atoms with Crippen LogP contribution in [0.2, 0.25) is 0 Å². The fraction of sp³-hybridized carbons (Fsp3) is 0.400. The maximum atomic E-state index is 3.71. The van der Waals surface area contributed by atoms with Crippen molar-refractivity contribution in [1.29, 1.82) is 0 Å². The van der Waals surface area contributed by atoms with Gasteiger partial charge < -0.3 is 5.32 Å². The summed E-state index contributed by atoms with van der Waals surface area (Å²) in [6, 6.07) is 20.9. The fourth-order valence-corrected chi connectivity index (χ4v) is 4.02. The Morgan fingerprint density at radius 1 is 0.864 bits per heavy atom. The van der Waals surface area contributed by atoms with Gasteiger partial charge in [-0.2, -0.15) is 0 Å². The van der Waals surface area contributed by atoms with Crippen molar-refractivity contribution in [3.63, 3.8) is 0 Å². The summed E-state index contributed by atoms with van der Waals surface area (Å²) in [5.74, 6) is 0. The SMILES string of the molecule is c1ccc(N[C@@H]2CCCN(C3Cc4ccccc4C3)C2)cc1. The van der Waals surface area contributed by atoms with Crippen LogP contribution in [0.3, 0.4) is 0 Å². The molecule has 114 valence electrons. The van der Waals surface area contributed by atoms with Crippen molar-refractivity contribution < 1.29 is 0 Å². The molecule has 1 fully saturated rings. The normalized spacial score (nSPS) is 22.5. The molecule has 22 heavy (non-hydrogen) atoms. The summed E-state index contributed by atoms with van der Waals surface area (Å²) in [6.45, 7) is 2.43. The molecule has 1 saturated heterocycles. The Labute approximate surface area is 133 Å². The first kappa shape index (κ1) is 13.8. The molecule has 0 amide bonds. The highest BCUT2D eigenvalue weighted by molar-refractivity contribution is 5.43. The second kappa shape index (κ2) is 6.13. The number of likely N-dealkylation sites (tertiary alicyclic amines) is 1. The number of nitrogens with zero attached hydrogens (tertiary/aromatic N) is 1. The van der Waals surface area contributed by atoms with Gasteiger partial charge in [0.15, 0.2) is 0 Å². The molecule has 0 radical (unpaired) electrons. The van der Waals surface area contributed by atoms with Gasteiger partial charge >= 0.3 is 0 Å². The molecule has 0 unspecified atom stereocenters. The van der Waals surface area contributed by atoms with E-state index in [1.807, 2.05) is 0 Å². The average molecular weight is 292 g/mol. The Kier molecular flexibility index (Phi) is 3.86. The third-order valence-electron chi connectivity index (χ3n) is 5.14. The number of hydrogen-bond acceptors (Lipinski definition) is 2. The van der Waals surface area contributed by atoms with E-state index in [9.17, 15) is 0 Å². The highest BCUT2D eigenvalue weighted by atomic mass is 15.2. The quantitative estimate of drug-likeness (QED) is 0.927. The van der Waals surface area contributed by atoms with E-state index in [1.54, 1.807) is 11.1 Å². The summed E-state index contributed by atoms with van der Waals surface area (Å²) in [5, 5.41) is 3.71. The van der Waals surface area contributed by atoms with Crippen LogP contribution in [0.25, 0.3) is 0 Å². The zero-order valence-corrected chi connectivity index (χ0v) is 13.0. The maximum Gasteiger partial charge on any atom is 0.0389 e. The van der Waals surface area contributed by atoms with Gasteiger partial charge in [-0.25, -0.2) is 0 Å². The van der Waals surface area contributed by atoms with E-state index < -0.39 is 0 Å². The van der Waals surface area contributed by atoms with Gasteiger partial charge in [0.2, 0.25) is 0 Å². The highest BCUT2D eigenvalue weighted by Gasteiger charge is 2.30. The molecule has 1 aliphatic carbocycles. The van der Waals surface area contributed by atoms with E-state index in [-0.39, 0.29) is 0 Å². The van der Waals surface area contributed by atoms with Gasteiger partial charge in [-0.3, -0.25) is 4.90 Å². The third-order valence-corrected chi connectivity index (χ3v) is 5.14. The van der Waals surface area contributed by atoms with Crippen molar-refractivity contribution in [1.82, 2.24) is 4.90 Å². The molecular formula is C20H24N2. The van der Waals surface area contributed by atoms with E-state index in [0.717, 1.165) is 0 Å². The molecule has 1 N–H and O–H groups in total. The second-order valence-corrected chi connectivity index (χ2v) is 6.68. The molecule has 2 aliphatic rings. The number of hydrogen-bond donors (Lipinski definition) is 1. The van der Waals surface area contributed by atoms with E-state index in [4.69, 9.17) is 0 Å². The van der Waals surface area contributed by atoms with Gasteiger partial charge in [0.1, 0.15) is 0 Å². The molecule has 4 rings (SSSR count). The molecule has 0 spiro atoms. The molecule has 2 heteroatoms. The minimum absolute atomic E-state index is 0.583. The van der Waals surface area contributed by atoms with Gasteiger partial charge in [-0.05, 0) is 55.5 Å². The molecule has 1 atom stereocenters. The molecule has 2 aromatic carbocycles. The zero-order chi connectivity index (χ0) is 14.8. The number of nitrogens with one attached hydrogen (secondary N) is 1. The Bertz CT molecular complexity index is 598. The Hall–Kier alpha value is -1.80. The van der Waals surface area contributed by atoms with Crippen molar-refractivity contribution in [2.24, 2.45) is 0 Å². The molecule has 0 aromatic heterocycles. The summed E-state index contributed by atoms with van der Waals surface area (Å²) >= 11 is 0. The van der Waals surface area contributed by atoms with Crippen LogP contribution in [0.1, 0.15) is 24.0 Å². The maximum absolute atomic E-state index is 3.71. The Balaban J connectivity index is 1.40. The van der Waals surface area contributed by atoms with Crippen LogP contribution in [0.4, 0.5) is 5.69 Å². The van der Waals surface area contributed by atoms with Crippen LogP contribution in [0, 0.1) is 0 Å². The fourth-order valence-electron chi connectivity index (χ4n) is 4.02. The van der Waals surface area contributed by atoms with Crippen LogP contribution < -0.4 is 5.32 Å². The number of fused-ring (bicyclic) bond motifs is 1. The van der Waals surface area contributed by atoms with Crippen molar-refractivity contribution in [3.8, 4) is 0 Å². The standard InChI is InChI=1S/C20H24N2/c1-2-9-18(10-3-1)21-19-11-6-12-22(15-19)20-13-16-7-4-5-8-17(16)14-20/h1-5,7-10,19-21H,6,11-15H2/t19-/m1/s1. The van der Waals surface area contributed by atoms with Gasteiger partial charge in [0.05, 0.1) is 0 Å². The summed E-state index contributed by atoms with van der Waals surface area (Å²) in [4.78, 5) is 2.71. The molecule has 2 nitrogen and oxygen atoms in total. The lowest BCUT2D eigenvalue weighted by Gasteiger charge is -2.37. The first-order valence-corrected chi connectivity index (χ1v) is 8.51. The lowest BCUT2D eigenvalue weighted by Crippen LogP contribution is -2.47. The van der Waals surface area contributed by atoms with Crippen LogP contribution in [-0.2, 0) is 12.8 Å². The average Bonchev–Trinajstić information content (AvgIpc) is 3.00. The topological polar surface area (TPSA) is 15.3 Å². The van der Waals surface area contributed by atoms with E-state index >= 15 is 0 Å². The first-order chi connectivity index (χ1) is 10.9. The number of anilines is 1. The summed E-state index contributed by atoms with van der Waals surface area (Å²) in [6.07, 6.45) is 5.05. The molecule has 0 saturated carbocycles. The highest BCUT2D eigenvalue weighted by Crippen LogP contribution is 2.28. The molecule has 1 heterocycles. The predicted octanol–water partition coefficient (Wildman–Crippen LogP) is 3.73. The number of benzene rings is 2. The lowest BCUT2D eigenvalue weighted by atomic mass is 10.0. The number of rotatable bonds is 3. The summed E-state index contributed by atoms with van der Waals surface area (Å²) in [5.41, 5.74) is 4.38. The monoisotopic (exact) mass is 292 g/mol. The zero-order valence-electron chi connectivity index (χ0n) is 13.0. The van der Waals surface area contributed by atoms with Gasteiger partial charge in [0.25, 0.3) is 0 Å². The minimum Gasteiger partial charge on any atom is -0.381 e.